The number of benzene rings is 1. The van der Waals surface area contributed by atoms with E-state index in [1.807, 2.05) is 6.92 Å². The van der Waals surface area contributed by atoms with Gasteiger partial charge in [0.25, 0.3) is 0 Å². The number of imidazole rings is 1. The zero-order valence-corrected chi connectivity index (χ0v) is 12.1. The summed E-state index contributed by atoms with van der Waals surface area (Å²) in [7, 11) is 1.43. The summed E-state index contributed by atoms with van der Waals surface area (Å²) in [6, 6.07) is 4.83. The van der Waals surface area contributed by atoms with E-state index in [2.05, 4.69) is 0 Å². The first-order valence-corrected chi connectivity index (χ1v) is 6.72. The first kappa shape index (κ1) is 14.9. The van der Waals surface area contributed by atoms with E-state index >= 15 is 0 Å². The summed E-state index contributed by atoms with van der Waals surface area (Å²) in [4.78, 5) is 23.1. The van der Waals surface area contributed by atoms with Crippen LogP contribution in [0.3, 0.4) is 0 Å². The van der Waals surface area contributed by atoms with E-state index in [0.29, 0.717) is 18.8 Å². The van der Waals surface area contributed by atoms with Crippen molar-refractivity contribution in [2.45, 2.75) is 26.4 Å². The van der Waals surface area contributed by atoms with Crippen LogP contribution in [0.5, 0.6) is 5.75 Å². The van der Waals surface area contributed by atoms with Crippen molar-refractivity contribution in [1.82, 2.24) is 9.13 Å². The van der Waals surface area contributed by atoms with Gasteiger partial charge in [-0.3, -0.25) is 9.13 Å². The summed E-state index contributed by atoms with van der Waals surface area (Å²) in [6.45, 7) is 3.08. The topological polar surface area (TPSA) is 73.5 Å². The van der Waals surface area contributed by atoms with Gasteiger partial charge in [-0.2, -0.15) is 0 Å². The molecular weight excluding hydrogens is 272 g/mol. The van der Waals surface area contributed by atoms with Crippen LogP contribution in [0.25, 0.3) is 0 Å². The number of hydrogen-bond donors (Lipinski definition) is 1. The van der Waals surface area contributed by atoms with Crippen LogP contribution >= 0.6 is 0 Å². The molecule has 0 atom stereocenters. The third-order valence-corrected chi connectivity index (χ3v) is 3.23. The molecule has 2 aromatic rings. The lowest BCUT2D eigenvalue weighted by Crippen LogP contribution is -2.24. The maximum Gasteiger partial charge on any atom is 0.339 e. The second kappa shape index (κ2) is 6.30. The molecular formula is C15H18N2O4. The number of ether oxygens (including phenoxy) is 1. The maximum absolute atomic E-state index is 12.1. The van der Waals surface area contributed by atoms with Gasteiger partial charge in [-0.15, -0.1) is 0 Å². The normalized spacial score (nSPS) is 10.6. The van der Waals surface area contributed by atoms with E-state index in [1.165, 1.54) is 13.2 Å². The minimum Gasteiger partial charge on any atom is -0.496 e. The number of carboxylic acid groups (broad SMARTS) is 1. The molecule has 2 rings (SSSR count). The number of carbonyl (C=O) groups is 1. The Morgan fingerprint density at radius 1 is 1.29 bits per heavy atom. The van der Waals surface area contributed by atoms with Crippen LogP contribution in [0.4, 0.5) is 0 Å². The van der Waals surface area contributed by atoms with Gasteiger partial charge in [-0.1, -0.05) is 13.0 Å². The van der Waals surface area contributed by atoms with Crippen LogP contribution in [0.2, 0.25) is 0 Å². The van der Waals surface area contributed by atoms with Gasteiger partial charge in [0.2, 0.25) is 0 Å². The summed E-state index contributed by atoms with van der Waals surface area (Å²) in [5, 5.41) is 9.05. The molecule has 1 N–H and O–H groups in total. The van der Waals surface area contributed by atoms with E-state index < -0.39 is 5.97 Å². The molecule has 1 aromatic heterocycles. The molecule has 0 radical (unpaired) electrons. The molecule has 0 aliphatic rings. The van der Waals surface area contributed by atoms with Crippen molar-refractivity contribution in [3.8, 4) is 5.75 Å². The molecule has 0 aliphatic carbocycles. The lowest BCUT2D eigenvalue weighted by molar-refractivity contribution is 0.0693. The van der Waals surface area contributed by atoms with Crippen LogP contribution in [-0.2, 0) is 13.1 Å². The Morgan fingerprint density at radius 2 is 2.00 bits per heavy atom. The smallest absolute Gasteiger partial charge is 0.339 e. The van der Waals surface area contributed by atoms with Crippen LogP contribution in [-0.4, -0.2) is 27.3 Å². The number of aromatic carboxylic acids is 1. The van der Waals surface area contributed by atoms with Gasteiger partial charge in [0, 0.05) is 18.9 Å². The third kappa shape index (κ3) is 3.16. The average Bonchev–Trinajstić information content (AvgIpc) is 2.80. The minimum atomic E-state index is -1.04. The van der Waals surface area contributed by atoms with E-state index in [4.69, 9.17) is 9.84 Å². The van der Waals surface area contributed by atoms with Gasteiger partial charge in [-0.25, -0.2) is 9.59 Å². The van der Waals surface area contributed by atoms with E-state index in [0.717, 1.165) is 12.0 Å². The van der Waals surface area contributed by atoms with Crippen molar-refractivity contribution in [3.05, 3.63) is 52.2 Å². The number of carboxylic acids is 1. The number of aryl methyl sites for hydroxylation is 1. The zero-order valence-electron chi connectivity index (χ0n) is 12.1. The zero-order chi connectivity index (χ0) is 15.4. The monoisotopic (exact) mass is 290 g/mol. The molecule has 0 saturated carbocycles. The number of nitrogens with zero attached hydrogens (tertiary/aromatic N) is 2. The lowest BCUT2D eigenvalue weighted by atomic mass is 10.1. The van der Waals surface area contributed by atoms with Crippen molar-refractivity contribution in [2.24, 2.45) is 0 Å². The van der Waals surface area contributed by atoms with Crippen molar-refractivity contribution in [2.75, 3.05) is 7.11 Å². The Balaban J connectivity index is 2.28. The highest BCUT2D eigenvalue weighted by atomic mass is 16.5. The summed E-state index contributed by atoms with van der Waals surface area (Å²) < 4.78 is 8.33. The predicted octanol–water partition coefficient (Wildman–Crippen LogP) is 1.81. The van der Waals surface area contributed by atoms with Crippen LogP contribution in [0.1, 0.15) is 29.3 Å². The van der Waals surface area contributed by atoms with Gasteiger partial charge >= 0.3 is 11.7 Å². The summed E-state index contributed by atoms with van der Waals surface area (Å²) in [5.74, 6) is -0.745. The fraction of sp³-hybridized carbons (Fsp3) is 0.333. The summed E-state index contributed by atoms with van der Waals surface area (Å²) in [5.41, 5.74) is 0.850. The fourth-order valence-corrected chi connectivity index (χ4v) is 2.19. The Hall–Kier alpha value is -2.50. The molecule has 6 heteroatoms. The molecule has 0 bridgehead atoms. The van der Waals surface area contributed by atoms with Crippen molar-refractivity contribution in [3.63, 3.8) is 0 Å². The summed E-state index contributed by atoms with van der Waals surface area (Å²) >= 11 is 0. The number of rotatable bonds is 6. The van der Waals surface area contributed by atoms with Crippen LogP contribution in [0.15, 0.2) is 35.4 Å². The Kier molecular flexibility index (Phi) is 4.47. The van der Waals surface area contributed by atoms with Crippen molar-refractivity contribution >= 4 is 5.97 Å². The highest BCUT2D eigenvalue weighted by Gasteiger charge is 2.12. The molecule has 0 aliphatic heterocycles. The predicted molar refractivity (Wildman–Crippen MR) is 78.0 cm³/mol. The standard InChI is InChI=1S/C15H18N2O4/c1-3-6-16-7-8-17(15(16)20)10-11-4-5-12(14(18)19)13(9-11)21-2/h4-5,7-9H,3,6,10H2,1-2H3,(H,18,19). The van der Waals surface area contributed by atoms with Crippen LogP contribution < -0.4 is 10.4 Å². The highest BCUT2D eigenvalue weighted by molar-refractivity contribution is 5.90. The largest absolute Gasteiger partial charge is 0.496 e. The SMILES string of the molecule is CCCn1ccn(Cc2ccc(C(=O)O)c(OC)c2)c1=O. The molecule has 0 saturated heterocycles. The second-order valence-corrected chi connectivity index (χ2v) is 4.74. The minimum absolute atomic E-state index is 0.0712. The quantitative estimate of drug-likeness (QED) is 0.880. The molecule has 0 amide bonds. The number of aromatic nitrogens is 2. The van der Waals surface area contributed by atoms with E-state index in [-0.39, 0.29) is 11.3 Å². The van der Waals surface area contributed by atoms with Crippen LogP contribution in [0, 0.1) is 0 Å². The Bertz CT molecular complexity index is 700. The highest BCUT2D eigenvalue weighted by Crippen LogP contribution is 2.20. The van der Waals surface area contributed by atoms with Crippen molar-refractivity contribution < 1.29 is 14.6 Å². The molecule has 0 spiro atoms. The molecule has 1 aromatic carbocycles. The molecule has 6 nitrogen and oxygen atoms in total. The number of methoxy groups -OCH3 is 1. The van der Waals surface area contributed by atoms with Gasteiger partial charge < -0.3 is 9.84 Å². The first-order valence-electron chi connectivity index (χ1n) is 6.72. The molecule has 0 unspecified atom stereocenters. The van der Waals surface area contributed by atoms with Gasteiger partial charge in [0.05, 0.1) is 13.7 Å². The Morgan fingerprint density at radius 3 is 2.62 bits per heavy atom. The second-order valence-electron chi connectivity index (χ2n) is 4.74. The molecule has 112 valence electrons. The fourth-order valence-electron chi connectivity index (χ4n) is 2.19. The molecule has 21 heavy (non-hydrogen) atoms. The third-order valence-electron chi connectivity index (χ3n) is 3.23. The van der Waals surface area contributed by atoms with Gasteiger partial charge in [0.15, 0.2) is 0 Å². The number of hydrogen-bond acceptors (Lipinski definition) is 3. The summed E-state index contributed by atoms with van der Waals surface area (Å²) in [6.07, 6.45) is 4.38. The lowest BCUT2D eigenvalue weighted by Gasteiger charge is -2.08. The average molecular weight is 290 g/mol. The van der Waals surface area contributed by atoms with E-state index in [9.17, 15) is 9.59 Å². The Labute approximate surface area is 122 Å². The molecule has 1 heterocycles. The van der Waals surface area contributed by atoms with Gasteiger partial charge in [0.1, 0.15) is 11.3 Å². The molecule has 0 fully saturated rings. The maximum atomic E-state index is 12.1. The van der Waals surface area contributed by atoms with Crippen molar-refractivity contribution in [1.29, 1.82) is 0 Å². The van der Waals surface area contributed by atoms with Gasteiger partial charge in [-0.05, 0) is 24.1 Å². The first-order chi connectivity index (χ1) is 10.1. The van der Waals surface area contributed by atoms with E-state index in [1.54, 1.807) is 33.7 Å².